The number of esters is 2. The molecule has 4 rings (SSSR count). The van der Waals surface area contributed by atoms with Crippen molar-refractivity contribution < 1.29 is 34.1 Å². The van der Waals surface area contributed by atoms with Crippen molar-refractivity contribution in [2.45, 2.75) is 125 Å². The third kappa shape index (κ3) is 4.94. The van der Waals surface area contributed by atoms with E-state index in [0.717, 1.165) is 31.3 Å². The Morgan fingerprint density at radius 2 is 1.62 bits per heavy atom. The summed E-state index contributed by atoms with van der Waals surface area (Å²) in [5.41, 5.74) is 1.42. The lowest BCUT2D eigenvalue weighted by molar-refractivity contribution is -0.236. The lowest BCUT2D eigenvalue weighted by atomic mass is 9.36. The van der Waals surface area contributed by atoms with Gasteiger partial charge in [0.15, 0.2) is 0 Å². The van der Waals surface area contributed by atoms with Gasteiger partial charge >= 0.3 is 17.9 Å². The zero-order valence-corrected chi connectivity index (χ0v) is 25.7. The number of aliphatic hydroxyl groups is 1. The number of aliphatic carboxylic acids is 1. The van der Waals surface area contributed by atoms with Crippen LogP contribution >= 0.6 is 0 Å². The summed E-state index contributed by atoms with van der Waals surface area (Å²) in [6, 6.07) is 0. The number of hydrogen-bond acceptors (Lipinski definition) is 6. The van der Waals surface area contributed by atoms with E-state index in [1.54, 1.807) is 0 Å². The number of aliphatic hydroxyl groups excluding tert-OH is 1. The summed E-state index contributed by atoms with van der Waals surface area (Å²) in [5.74, 6) is -1.26. The van der Waals surface area contributed by atoms with Crippen LogP contribution in [0, 0.1) is 39.9 Å². The van der Waals surface area contributed by atoms with Gasteiger partial charge in [0.05, 0.1) is 6.10 Å². The maximum atomic E-state index is 12.7. The molecule has 0 amide bonds. The zero-order valence-electron chi connectivity index (χ0n) is 25.7. The normalized spacial score (nSPS) is 43.5. The number of allylic oxidation sites excluding steroid dienone is 2. The first-order chi connectivity index (χ1) is 18.6. The molecule has 2 N–H and O–H groups in total. The summed E-state index contributed by atoms with van der Waals surface area (Å²) in [5, 5.41) is 22.4. The molecule has 4 aliphatic carbocycles. The second-order valence-corrected chi connectivity index (χ2v) is 14.2. The van der Waals surface area contributed by atoms with Crippen LogP contribution in [0.1, 0.15) is 107 Å². The van der Waals surface area contributed by atoms with Crippen molar-refractivity contribution in [3.8, 4) is 0 Å². The van der Waals surface area contributed by atoms with Gasteiger partial charge in [0.1, 0.15) is 12.2 Å². The number of hydrogen-bond donors (Lipinski definition) is 2. The van der Waals surface area contributed by atoms with Crippen molar-refractivity contribution in [3.05, 3.63) is 22.8 Å². The van der Waals surface area contributed by atoms with Crippen LogP contribution in [0.2, 0.25) is 0 Å². The number of carboxylic acids is 1. The highest BCUT2D eigenvalue weighted by Gasteiger charge is 2.71. The summed E-state index contributed by atoms with van der Waals surface area (Å²) in [7, 11) is 0. The van der Waals surface area contributed by atoms with E-state index in [1.807, 2.05) is 19.9 Å². The average molecular weight is 559 g/mol. The third-order valence-electron chi connectivity index (χ3n) is 11.9. The van der Waals surface area contributed by atoms with E-state index in [9.17, 15) is 24.6 Å². The Morgan fingerprint density at radius 1 is 0.975 bits per heavy atom. The molecular formula is C33H50O7. The highest BCUT2D eigenvalue weighted by Crippen LogP contribution is 2.74. The van der Waals surface area contributed by atoms with Crippen LogP contribution in [0.15, 0.2) is 22.8 Å². The molecule has 0 aromatic rings. The van der Waals surface area contributed by atoms with Gasteiger partial charge < -0.3 is 19.7 Å². The van der Waals surface area contributed by atoms with E-state index < -0.39 is 24.1 Å². The number of carbonyl (C=O) groups excluding carboxylic acids is 2. The Hall–Kier alpha value is -2.15. The second-order valence-electron chi connectivity index (χ2n) is 14.2. The minimum atomic E-state index is -0.964. The fraction of sp³-hybridized carbons (Fsp3) is 0.788. The molecule has 10 atom stereocenters. The summed E-state index contributed by atoms with van der Waals surface area (Å²) in [6.07, 6.45) is 6.24. The average Bonchev–Trinajstić information content (AvgIpc) is 3.09. The van der Waals surface area contributed by atoms with Crippen LogP contribution in [-0.2, 0) is 23.9 Å². The molecule has 0 aromatic carbocycles. The van der Waals surface area contributed by atoms with E-state index >= 15 is 0 Å². The molecular weight excluding hydrogens is 508 g/mol. The van der Waals surface area contributed by atoms with Gasteiger partial charge in [0.2, 0.25) is 0 Å². The molecule has 0 bridgehead atoms. The highest BCUT2D eigenvalue weighted by atomic mass is 16.5. The Kier molecular flexibility index (Phi) is 8.41. The van der Waals surface area contributed by atoms with Gasteiger partial charge in [-0.25, -0.2) is 4.79 Å². The molecule has 0 heterocycles. The van der Waals surface area contributed by atoms with Crippen LogP contribution in [-0.4, -0.2) is 46.4 Å². The van der Waals surface area contributed by atoms with Crippen molar-refractivity contribution in [3.63, 3.8) is 0 Å². The van der Waals surface area contributed by atoms with Crippen molar-refractivity contribution in [2.24, 2.45) is 39.9 Å². The monoisotopic (exact) mass is 558 g/mol. The quantitative estimate of drug-likeness (QED) is 0.226. The Bertz CT molecular complexity index is 1100. The molecule has 224 valence electrons. The van der Waals surface area contributed by atoms with Crippen LogP contribution in [0.25, 0.3) is 0 Å². The molecule has 4 saturated carbocycles. The topological polar surface area (TPSA) is 110 Å². The lowest BCUT2D eigenvalue weighted by Crippen LogP contribution is -2.65. The first-order valence-corrected chi connectivity index (χ1v) is 15.2. The summed E-state index contributed by atoms with van der Waals surface area (Å²) >= 11 is 0. The first-order valence-electron chi connectivity index (χ1n) is 15.2. The zero-order chi connectivity index (χ0) is 29.8. The Labute approximate surface area is 239 Å². The summed E-state index contributed by atoms with van der Waals surface area (Å²) in [4.78, 5) is 36.7. The number of carboxylic acid groups (broad SMARTS) is 1. The second kappa shape index (κ2) is 10.9. The number of ether oxygens (including phenoxy) is 2. The van der Waals surface area contributed by atoms with Crippen LogP contribution < -0.4 is 0 Å². The fourth-order valence-electron chi connectivity index (χ4n) is 10.2. The van der Waals surface area contributed by atoms with E-state index in [1.165, 1.54) is 13.8 Å². The number of rotatable bonds is 6. The fourth-order valence-corrected chi connectivity index (χ4v) is 10.2. The van der Waals surface area contributed by atoms with Gasteiger partial charge in [-0.15, -0.1) is 0 Å². The van der Waals surface area contributed by atoms with Gasteiger partial charge in [-0.3, -0.25) is 9.59 Å². The van der Waals surface area contributed by atoms with Crippen molar-refractivity contribution >= 4 is 17.9 Å². The molecule has 4 aliphatic rings. The molecule has 0 aliphatic heterocycles. The molecule has 0 aromatic heterocycles. The van der Waals surface area contributed by atoms with E-state index in [0.29, 0.717) is 42.7 Å². The smallest absolute Gasteiger partial charge is 0.331 e. The van der Waals surface area contributed by atoms with Crippen molar-refractivity contribution in [1.82, 2.24) is 0 Å². The maximum Gasteiger partial charge on any atom is 0.331 e. The lowest BCUT2D eigenvalue weighted by Gasteiger charge is -2.69. The number of fused-ring (bicyclic) bond motifs is 5. The van der Waals surface area contributed by atoms with E-state index in [-0.39, 0.29) is 46.1 Å². The predicted octanol–water partition coefficient (Wildman–Crippen LogP) is 6.24. The van der Waals surface area contributed by atoms with Gasteiger partial charge in [0.25, 0.3) is 0 Å². The van der Waals surface area contributed by atoms with Crippen LogP contribution in [0.5, 0.6) is 0 Å². The van der Waals surface area contributed by atoms with Crippen molar-refractivity contribution in [2.75, 3.05) is 0 Å². The third-order valence-corrected chi connectivity index (χ3v) is 11.9. The van der Waals surface area contributed by atoms with Crippen LogP contribution in [0.3, 0.4) is 0 Å². The molecule has 40 heavy (non-hydrogen) atoms. The predicted molar refractivity (Wildman–Crippen MR) is 152 cm³/mol. The van der Waals surface area contributed by atoms with E-state index in [2.05, 4.69) is 27.7 Å². The highest BCUT2D eigenvalue weighted by molar-refractivity contribution is 5.88. The van der Waals surface area contributed by atoms with E-state index in [4.69, 9.17) is 9.47 Å². The largest absolute Gasteiger partial charge is 0.478 e. The summed E-state index contributed by atoms with van der Waals surface area (Å²) < 4.78 is 11.6. The molecule has 7 nitrogen and oxygen atoms in total. The molecule has 0 spiro atoms. The van der Waals surface area contributed by atoms with Crippen molar-refractivity contribution in [1.29, 1.82) is 0 Å². The standard InChI is InChI=1S/C33H50O7/c1-18(2)10-9-11-22(30(37)38)28-24-16-25(36)29-31(6)14-13-26(39-20(4)34)19(3)23(31)12-15-32(29,7)33(24,8)17-27(28)40-21(5)35/h10,19,23-27,29,36H,9,11-17H2,1-8H3,(H,37,38)/b28-22-/t19-,23?,24?,25?,26+,27-,29?,31-,32-,33-/m0/s1. The Balaban J connectivity index is 1.78. The maximum absolute atomic E-state index is 12.7. The van der Waals surface area contributed by atoms with Crippen LogP contribution in [0.4, 0.5) is 0 Å². The minimum absolute atomic E-state index is 0.0111. The number of carbonyl (C=O) groups is 3. The minimum Gasteiger partial charge on any atom is -0.478 e. The molecule has 7 heteroatoms. The molecule has 4 fully saturated rings. The molecule has 4 unspecified atom stereocenters. The first kappa shape index (κ1) is 30.8. The molecule has 0 saturated heterocycles. The molecule has 0 radical (unpaired) electrons. The van der Waals surface area contributed by atoms with Gasteiger partial charge in [-0.2, -0.15) is 0 Å². The SMILES string of the molecule is CC(=O)O[C@H]1C[C@@]2(C)C(CC(O)C3[C@@]4(C)CC[C@@H](OC(C)=O)[C@@H](C)C4CC[C@@]32C)/C1=C(\CCC=C(C)C)C(=O)O. The van der Waals surface area contributed by atoms with Gasteiger partial charge in [-0.05, 0) is 111 Å². The Morgan fingerprint density at radius 3 is 2.20 bits per heavy atom. The van der Waals surface area contributed by atoms with Gasteiger partial charge in [-0.1, -0.05) is 39.3 Å². The van der Waals surface area contributed by atoms with Gasteiger partial charge in [0, 0.05) is 19.4 Å². The summed E-state index contributed by atoms with van der Waals surface area (Å²) in [6.45, 7) is 15.9.